The van der Waals surface area contributed by atoms with Crippen LogP contribution in [0.2, 0.25) is 0 Å². The number of carbonyl (C=O) groups is 1. The Labute approximate surface area is 109 Å². The average Bonchev–Trinajstić information content (AvgIpc) is 2.52. The smallest absolute Gasteiger partial charge is 0.202 e. The van der Waals surface area contributed by atoms with Gasteiger partial charge in [0.2, 0.25) is 5.78 Å². The molecule has 3 heteroatoms. The lowest BCUT2D eigenvalue weighted by Crippen LogP contribution is -2.27. The van der Waals surface area contributed by atoms with Gasteiger partial charge < -0.3 is 4.74 Å². The maximum Gasteiger partial charge on any atom is 0.202 e. The number of halogens is 1. The molecular weight excluding hydrogens is 280 g/mol. The highest BCUT2D eigenvalue weighted by Gasteiger charge is 2.33. The molecule has 1 aromatic carbocycles. The molecule has 0 radical (unpaired) electrons. The van der Waals surface area contributed by atoms with Crippen molar-refractivity contribution < 1.29 is 9.53 Å². The number of rotatable bonds is 2. The molecule has 2 rings (SSSR count). The van der Waals surface area contributed by atoms with Crippen LogP contribution in [0, 0.1) is 0 Å². The summed E-state index contributed by atoms with van der Waals surface area (Å²) in [4.78, 5) is 11.5. The highest BCUT2D eigenvalue weighted by molar-refractivity contribution is 9.10. The minimum atomic E-state index is -0.723. The number of allylic oxidation sites excluding steroid dienone is 1. The molecule has 1 aromatic rings. The van der Waals surface area contributed by atoms with E-state index < -0.39 is 5.60 Å². The van der Waals surface area contributed by atoms with E-state index in [2.05, 4.69) is 15.9 Å². The van der Waals surface area contributed by atoms with Gasteiger partial charge in [-0.2, -0.15) is 0 Å². The Bertz CT molecular complexity index is 495. The fourth-order valence-electron chi connectivity index (χ4n) is 1.51. The van der Waals surface area contributed by atoms with Gasteiger partial charge in [-0.3, -0.25) is 4.79 Å². The van der Waals surface area contributed by atoms with Crippen LogP contribution in [0.4, 0.5) is 0 Å². The predicted molar refractivity (Wildman–Crippen MR) is 71.4 cm³/mol. The lowest BCUT2D eigenvalue weighted by Gasteiger charge is -2.16. The summed E-state index contributed by atoms with van der Waals surface area (Å²) in [7, 11) is 0. The summed E-state index contributed by atoms with van der Waals surface area (Å²) in [5, 5.41) is 0. The van der Waals surface area contributed by atoms with E-state index in [1.54, 1.807) is 13.8 Å². The Morgan fingerprint density at radius 3 is 2.35 bits per heavy atom. The van der Waals surface area contributed by atoms with Gasteiger partial charge in [-0.15, -0.1) is 0 Å². The zero-order valence-corrected chi connectivity index (χ0v) is 11.3. The van der Waals surface area contributed by atoms with Crippen molar-refractivity contribution in [3.05, 3.63) is 52.2 Å². The van der Waals surface area contributed by atoms with Crippen LogP contribution in [0.15, 0.2) is 46.6 Å². The van der Waals surface area contributed by atoms with E-state index in [0.29, 0.717) is 5.76 Å². The SMILES string of the molecule is CC1(C)OC(/C=C/c2ccc(Br)cc2)=CC1=O. The zero-order valence-electron chi connectivity index (χ0n) is 9.74. The van der Waals surface area contributed by atoms with Crippen LogP contribution in [-0.2, 0) is 9.53 Å². The monoisotopic (exact) mass is 292 g/mol. The molecule has 0 amide bonds. The molecule has 0 spiro atoms. The van der Waals surface area contributed by atoms with E-state index in [-0.39, 0.29) is 5.78 Å². The van der Waals surface area contributed by atoms with Gasteiger partial charge >= 0.3 is 0 Å². The van der Waals surface area contributed by atoms with Crippen molar-refractivity contribution in [2.24, 2.45) is 0 Å². The first kappa shape index (κ1) is 12.1. The molecule has 0 unspecified atom stereocenters. The Morgan fingerprint density at radius 1 is 1.18 bits per heavy atom. The number of ether oxygens (including phenoxy) is 1. The van der Waals surface area contributed by atoms with Crippen molar-refractivity contribution in [3.63, 3.8) is 0 Å². The molecule has 1 heterocycles. The number of hydrogen-bond acceptors (Lipinski definition) is 2. The molecule has 0 bridgehead atoms. The fraction of sp³-hybridized carbons (Fsp3) is 0.214. The molecule has 1 aliphatic rings. The number of carbonyl (C=O) groups excluding carboxylic acids is 1. The average molecular weight is 293 g/mol. The predicted octanol–water partition coefficient (Wildman–Crippen LogP) is 3.72. The molecule has 2 nitrogen and oxygen atoms in total. The van der Waals surface area contributed by atoms with Gasteiger partial charge in [0.1, 0.15) is 5.76 Å². The van der Waals surface area contributed by atoms with Gasteiger partial charge in [0.25, 0.3) is 0 Å². The normalized spacial score (nSPS) is 18.3. The third-order valence-corrected chi connectivity index (χ3v) is 3.08. The number of benzene rings is 1. The molecule has 17 heavy (non-hydrogen) atoms. The summed E-state index contributed by atoms with van der Waals surface area (Å²) in [6.07, 6.45) is 5.28. The molecule has 0 saturated heterocycles. The quantitative estimate of drug-likeness (QED) is 0.830. The van der Waals surface area contributed by atoms with Crippen LogP contribution < -0.4 is 0 Å². The third-order valence-electron chi connectivity index (χ3n) is 2.55. The Morgan fingerprint density at radius 2 is 1.82 bits per heavy atom. The maximum absolute atomic E-state index is 11.5. The molecule has 0 saturated carbocycles. The molecule has 0 aromatic heterocycles. The summed E-state index contributed by atoms with van der Waals surface area (Å²) >= 11 is 3.38. The van der Waals surface area contributed by atoms with E-state index in [1.165, 1.54) is 6.08 Å². The standard InChI is InChI=1S/C14H13BrO2/c1-14(2)13(16)9-12(17-14)8-5-10-3-6-11(15)7-4-10/h3-9H,1-2H3/b8-5+. The Kier molecular flexibility index (Phi) is 3.20. The maximum atomic E-state index is 11.5. The molecule has 1 aliphatic heterocycles. The molecule has 0 fully saturated rings. The summed E-state index contributed by atoms with van der Waals surface area (Å²) < 4.78 is 6.57. The van der Waals surface area contributed by atoms with Gasteiger partial charge in [-0.25, -0.2) is 0 Å². The van der Waals surface area contributed by atoms with E-state index >= 15 is 0 Å². The second-order valence-corrected chi connectivity index (χ2v) is 5.32. The lowest BCUT2D eigenvalue weighted by molar-refractivity contribution is -0.126. The summed E-state index contributed by atoms with van der Waals surface area (Å²) in [6.45, 7) is 3.54. The Hall–Kier alpha value is -1.35. The highest BCUT2D eigenvalue weighted by atomic mass is 79.9. The third kappa shape index (κ3) is 2.86. The van der Waals surface area contributed by atoms with E-state index in [9.17, 15) is 4.79 Å². The molecule has 0 atom stereocenters. The summed E-state index contributed by atoms with van der Waals surface area (Å²) in [5.41, 5.74) is 0.342. The van der Waals surface area contributed by atoms with Crippen LogP contribution in [0.3, 0.4) is 0 Å². The summed E-state index contributed by atoms with van der Waals surface area (Å²) in [6, 6.07) is 7.92. The second-order valence-electron chi connectivity index (χ2n) is 4.41. The molecule has 0 aliphatic carbocycles. The fourth-order valence-corrected chi connectivity index (χ4v) is 1.78. The van der Waals surface area contributed by atoms with Crippen LogP contribution in [-0.4, -0.2) is 11.4 Å². The number of hydrogen-bond donors (Lipinski definition) is 0. The minimum absolute atomic E-state index is 0.00737. The van der Waals surface area contributed by atoms with Gasteiger partial charge in [0.15, 0.2) is 5.60 Å². The van der Waals surface area contributed by atoms with E-state index in [1.807, 2.05) is 36.4 Å². The van der Waals surface area contributed by atoms with Gasteiger partial charge in [-0.05, 0) is 37.6 Å². The minimum Gasteiger partial charge on any atom is -0.480 e. The van der Waals surface area contributed by atoms with Crippen LogP contribution in [0.25, 0.3) is 6.08 Å². The molecule has 0 N–H and O–H groups in total. The second kappa shape index (κ2) is 4.49. The van der Waals surface area contributed by atoms with Gasteiger partial charge in [0.05, 0.1) is 0 Å². The lowest BCUT2D eigenvalue weighted by atomic mass is 10.1. The first-order chi connectivity index (χ1) is 7.97. The van der Waals surface area contributed by atoms with E-state index in [4.69, 9.17) is 4.74 Å². The van der Waals surface area contributed by atoms with Crippen molar-refractivity contribution in [1.82, 2.24) is 0 Å². The Balaban J connectivity index is 2.10. The van der Waals surface area contributed by atoms with Crippen molar-refractivity contribution in [2.45, 2.75) is 19.4 Å². The highest BCUT2D eigenvalue weighted by Crippen LogP contribution is 2.25. The van der Waals surface area contributed by atoms with Crippen molar-refractivity contribution in [3.8, 4) is 0 Å². The van der Waals surface area contributed by atoms with Crippen molar-refractivity contribution in [2.75, 3.05) is 0 Å². The van der Waals surface area contributed by atoms with Crippen LogP contribution in [0.1, 0.15) is 19.4 Å². The summed E-state index contributed by atoms with van der Waals surface area (Å²) in [5.74, 6) is 0.621. The van der Waals surface area contributed by atoms with Crippen molar-refractivity contribution >= 4 is 27.8 Å². The first-order valence-electron chi connectivity index (χ1n) is 5.36. The number of ketones is 1. The first-order valence-corrected chi connectivity index (χ1v) is 6.15. The largest absolute Gasteiger partial charge is 0.480 e. The van der Waals surface area contributed by atoms with Crippen molar-refractivity contribution in [1.29, 1.82) is 0 Å². The van der Waals surface area contributed by atoms with Crippen LogP contribution in [0.5, 0.6) is 0 Å². The van der Waals surface area contributed by atoms with Crippen LogP contribution >= 0.6 is 15.9 Å². The van der Waals surface area contributed by atoms with Gasteiger partial charge in [-0.1, -0.05) is 34.1 Å². The molecule has 88 valence electrons. The zero-order chi connectivity index (χ0) is 12.5. The van der Waals surface area contributed by atoms with E-state index in [0.717, 1.165) is 10.0 Å². The molecular formula is C14H13BrO2. The van der Waals surface area contributed by atoms with Gasteiger partial charge in [0, 0.05) is 10.5 Å². The topological polar surface area (TPSA) is 26.3 Å².